The first kappa shape index (κ1) is 17.8. The Bertz CT molecular complexity index is 942. The van der Waals surface area contributed by atoms with Crippen LogP contribution in [0.25, 0.3) is 0 Å². The van der Waals surface area contributed by atoms with Gasteiger partial charge in [-0.25, -0.2) is 8.42 Å². The van der Waals surface area contributed by atoms with Crippen molar-refractivity contribution >= 4 is 26.0 Å². The average molecular weight is 421 g/mol. The van der Waals surface area contributed by atoms with Gasteiger partial charge in [0.2, 0.25) is 10.0 Å². The van der Waals surface area contributed by atoms with Crippen LogP contribution in [-0.2, 0) is 23.1 Å². The van der Waals surface area contributed by atoms with Gasteiger partial charge in [-0.05, 0) is 48.4 Å². The summed E-state index contributed by atoms with van der Waals surface area (Å²) >= 11 is 3.35. The molecule has 1 aromatic carbocycles. The number of rotatable bonds is 6. The summed E-state index contributed by atoms with van der Waals surface area (Å²) < 4.78 is 34.0. The second-order valence-corrected chi connectivity index (χ2v) is 8.45. The van der Waals surface area contributed by atoms with Crippen molar-refractivity contribution in [3.8, 4) is 0 Å². The third-order valence-corrected chi connectivity index (χ3v) is 6.19. The minimum Gasteiger partial charge on any atom is -0.468 e. The molecule has 0 N–H and O–H groups in total. The molecule has 0 fully saturated rings. The lowest BCUT2D eigenvalue weighted by Crippen LogP contribution is -2.30. The molecule has 0 aliphatic heterocycles. The van der Waals surface area contributed by atoms with Crippen LogP contribution >= 0.6 is 15.9 Å². The van der Waals surface area contributed by atoms with Crippen LogP contribution in [0.4, 0.5) is 0 Å². The number of benzene rings is 1. The Balaban J connectivity index is 2.01. The van der Waals surface area contributed by atoms with E-state index in [1.807, 2.05) is 12.1 Å². The van der Waals surface area contributed by atoms with Gasteiger partial charge in [0.25, 0.3) is 0 Å². The quantitative estimate of drug-likeness (QED) is 0.600. The third kappa shape index (κ3) is 4.18. The van der Waals surface area contributed by atoms with Crippen LogP contribution in [0.2, 0.25) is 0 Å². The van der Waals surface area contributed by atoms with E-state index in [4.69, 9.17) is 4.42 Å². The molecular weight excluding hydrogens is 404 g/mol. The number of nitrogens with zero attached hydrogens (tertiary/aromatic N) is 2. The SMILES string of the molecule is Cc1ccc(Br)cc1S(=O)(=O)N(Cc1cccnc1)Cc1ccco1. The number of pyridine rings is 1. The second kappa shape index (κ2) is 7.51. The highest BCUT2D eigenvalue weighted by Crippen LogP contribution is 2.26. The summed E-state index contributed by atoms with van der Waals surface area (Å²) in [6, 6.07) is 12.4. The van der Waals surface area contributed by atoms with Gasteiger partial charge < -0.3 is 4.42 Å². The van der Waals surface area contributed by atoms with Gasteiger partial charge in [0.15, 0.2) is 0 Å². The highest BCUT2D eigenvalue weighted by Gasteiger charge is 2.27. The first-order valence-corrected chi connectivity index (χ1v) is 9.88. The smallest absolute Gasteiger partial charge is 0.244 e. The predicted octanol–water partition coefficient (Wildman–Crippen LogP) is 4.14. The normalized spacial score (nSPS) is 11.8. The van der Waals surface area contributed by atoms with E-state index >= 15 is 0 Å². The zero-order chi connectivity index (χ0) is 17.9. The highest BCUT2D eigenvalue weighted by molar-refractivity contribution is 9.10. The predicted molar refractivity (Wildman–Crippen MR) is 98.3 cm³/mol. The summed E-state index contributed by atoms with van der Waals surface area (Å²) in [5.41, 5.74) is 1.50. The molecular formula is C18H17BrN2O3S. The molecule has 3 aromatic rings. The molecule has 2 heterocycles. The van der Waals surface area contributed by atoms with Gasteiger partial charge in [0.1, 0.15) is 5.76 Å². The van der Waals surface area contributed by atoms with E-state index in [-0.39, 0.29) is 18.0 Å². The Morgan fingerprint density at radius 2 is 2.00 bits per heavy atom. The van der Waals surface area contributed by atoms with Crippen molar-refractivity contribution in [1.82, 2.24) is 9.29 Å². The van der Waals surface area contributed by atoms with Crippen LogP contribution in [-0.4, -0.2) is 17.7 Å². The molecule has 2 aromatic heterocycles. The first-order valence-electron chi connectivity index (χ1n) is 7.64. The summed E-state index contributed by atoms with van der Waals surface area (Å²) in [7, 11) is -3.71. The van der Waals surface area contributed by atoms with Crippen LogP contribution in [0.15, 0.2) is 74.9 Å². The van der Waals surface area contributed by atoms with Crippen LogP contribution in [0.3, 0.4) is 0 Å². The van der Waals surface area contributed by atoms with E-state index in [1.165, 1.54) is 10.6 Å². The molecule has 5 nitrogen and oxygen atoms in total. The Morgan fingerprint density at radius 1 is 1.16 bits per heavy atom. The van der Waals surface area contributed by atoms with Crippen molar-refractivity contribution in [2.45, 2.75) is 24.9 Å². The van der Waals surface area contributed by atoms with E-state index in [2.05, 4.69) is 20.9 Å². The number of hydrogen-bond acceptors (Lipinski definition) is 4. The number of furan rings is 1. The van der Waals surface area contributed by atoms with Crippen molar-refractivity contribution in [2.24, 2.45) is 0 Å². The third-order valence-electron chi connectivity index (χ3n) is 3.76. The highest BCUT2D eigenvalue weighted by atomic mass is 79.9. The summed E-state index contributed by atoms with van der Waals surface area (Å²) in [5, 5.41) is 0. The van der Waals surface area contributed by atoms with Gasteiger partial charge in [-0.2, -0.15) is 4.31 Å². The summed E-state index contributed by atoms with van der Waals surface area (Å²) in [6.45, 7) is 2.15. The van der Waals surface area contributed by atoms with Gasteiger partial charge >= 0.3 is 0 Å². The van der Waals surface area contributed by atoms with Crippen LogP contribution in [0.1, 0.15) is 16.9 Å². The molecule has 7 heteroatoms. The lowest BCUT2D eigenvalue weighted by atomic mass is 10.2. The number of aryl methyl sites for hydroxylation is 1. The monoisotopic (exact) mass is 420 g/mol. The number of aromatic nitrogens is 1. The number of hydrogen-bond donors (Lipinski definition) is 0. The number of halogens is 1. The Kier molecular flexibility index (Phi) is 5.36. The zero-order valence-corrected chi connectivity index (χ0v) is 16.0. The Labute approximate surface area is 155 Å². The van der Waals surface area contributed by atoms with Crippen molar-refractivity contribution in [1.29, 1.82) is 0 Å². The topological polar surface area (TPSA) is 63.4 Å². The molecule has 25 heavy (non-hydrogen) atoms. The lowest BCUT2D eigenvalue weighted by Gasteiger charge is -2.22. The van der Waals surface area contributed by atoms with Crippen LogP contribution < -0.4 is 0 Å². The molecule has 0 saturated carbocycles. The van der Waals surface area contributed by atoms with Gasteiger partial charge in [-0.1, -0.05) is 28.1 Å². The Hall–Kier alpha value is -1.96. The van der Waals surface area contributed by atoms with E-state index < -0.39 is 10.0 Å². The van der Waals surface area contributed by atoms with Crippen molar-refractivity contribution < 1.29 is 12.8 Å². The van der Waals surface area contributed by atoms with Gasteiger partial charge in [-0.15, -0.1) is 0 Å². The van der Waals surface area contributed by atoms with Crippen molar-refractivity contribution in [3.05, 3.63) is 82.5 Å². The minimum absolute atomic E-state index is 0.149. The lowest BCUT2D eigenvalue weighted by molar-refractivity contribution is 0.358. The fraction of sp³-hybridized carbons (Fsp3) is 0.167. The van der Waals surface area contributed by atoms with E-state index in [0.29, 0.717) is 11.3 Å². The number of sulfonamides is 1. The maximum Gasteiger partial charge on any atom is 0.244 e. The maximum atomic E-state index is 13.3. The Morgan fingerprint density at radius 3 is 2.68 bits per heavy atom. The summed E-state index contributed by atoms with van der Waals surface area (Å²) in [4.78, 5) is 4.34. The average Bonchev–Trinajstić information content (AvgIpc) is 3.10. The molecule has 0 bridgehead atoms. The molecule has 0 saturated heterocycles. The molecule has 0 aliphatic carbocycles. The van der Waals surface area contributed by atoms with E-state index in [1.54, 1.807) is 49.6 Å². The molecule has 0 radical (unpaired) electrons. The molecule has 130 valence electrons. The first-order chi connectivity index (χ1) is 12.0. The minimum atomic E-state index is -3.71. The van der Waals surface area contributed by atoms with Gasteiger partial charge in [0.05, 0.1) is 17.7 Å². The van der Waals surface area contributed by atoms with Crippen molar-refractivity contribution in [2.75, 3.05) is 0 Å². The van der Waals surface area contributed by atoms with E-state index in [0.717, 1.165) is 10.0 Å². The fourth-order valence-electron chi connectivity index (χ4n) is 2.49. The van der Waals surface area contributed by atoms with Crippen molar-refractivity contribution in [3.63, 3.8) is 0 Å². The van der Waals surface area contributed by atoms with E-state index in [9.17, 15) is 8.42 Å². The summed E-state index contributed by atoms with van der Waals surface area (Å²) in [5.74, 6) is 0.583. The van der Waals surface area contributed by atoms with Crippen LogP contribution in [0, 0.1) is 6.92 Å². The second-order valence-electron chi connectivity index (χ2n) is 5.62. The maximum absolute atomic E-state index is 13.3. The standard InChI is InChI=1S/C18H17BrN2O3S/c1-14-6-7-16(19)10-18(14)25(22,23)21(13-17-5-3-9-24-17)12-15-4-2-8-20-11-15/h2-11H,12-13H2,1H3. The van der Waals surface area contributed by atoms with Gasteiger partial charge in [0, 0.05) is 23.4 Å². The molecule has 0 aliphatic rings. The van der Waals surface area contributed by atoms with Crippen LogP contribution in [0.5, 0.6) is 0 Å². The summed E-state index contributed by atoms with van der Waals surface area (Å²) in [6.07, 6.45) is 4.86. The van der Waals surface area contributed by atoms with Gasteiger partial charge in [-0.3, -0.25) is 4.98 Å². The zero-order valence-electron chi connectivity index (χ0n) is 13.6. The molecule has 3 rings (SSSR count). The molecule has 0 amide bonds. The molecule has 0 unspecified atom stereocenters. The molecule has 0 spiro atoms. The fourth-order valence-corrected chi connectivity index (χ4v) is 4.65. The molecule has 0 atom stereocenters. The largest absolute Gasteiger partial charge is 0.468 e.